The molecule has 1 aromatic carbocycles. The van der Waals surface area contributed by atoms with Crippen molar-refractivity contribution < 1.29 is 9.90 Å². The van der Waals surface area contributed by atoms with Crippen molar-refractivity contribution in [1.82, 2.24) is 0 Å². The monoisotopic (exact) mass is 188 g/mol. The minimum atomic E-state index is -0.619. The molecule has 1 saturated carbocycles. The number of aliphatic carboxylic acids is 1. The van der Waals surface area contributed by atoms with Crippen molar-refractivity contribution in [3.05, 3.63) is 35.4 Å². The number of carbonyl (C=O) groups is 1. The van der Waals surface area contributed by atoms with Gasteiger partial charge in [0.1, 0.15) is 0 Å². The zero-order valence-electron chi connectivity index (χ0n) is 7.81. The van der Waals surface area contributed by atoms with E-state index in [0.29, 0.717) is 5.92 Å². The van der Waals surface area contributed by atoms with E-state index in [1.807, 2.05) is 6.07 Å². The second-order valence-electron chi connectivity index (χ2n) is 4.35. The van der Waals surface area contributed by atoms with Gasteiger partial charge in [-0.1, -0.05) is 24.3 Å². The van der Waals surface area contributed by atoms with Crippen LogP contribution in [0.2, 0.25) is 0 Å². The van der Waals surface area contributed by atoms with Crippen LogP contribution in [-0.4, -0.2) is 11.1 Å². The summed E-state index contributed by atoms with van der Waals surface area (Å²) in [4.78, 5) is 11.0. The van der Waals surface area contributed by atoms with Crippen molar-refractivity contribution in [2.75, 3.05) is 0 Å². The quantitative estimate of drug-likeness (QED) is 0.734. The molecule has 0 aliphatic heterocycles. The fraction of sp³-hybridized carbons (Fsp3) is 0.417. The molecule has 3 rings (SSSR count). The van der Waals surface area contributed by atoms with Crippen molar-refractivity contribution in [3.63, 3.8) is 0 Å². The lowest BCUT2D eigenvalue weighted by atomic mass is 9.84. The molecule has 2 heteroatoms. The highest BCUT2D eigenvalue weighted by Crippen LogP contribution is 2.55. The van der Waals surface area contributed by atoms with Gasteiger partial charge in [0.25, 0.3) is 0 Å². The van der Waals surface area contributed by atoms with E-state index in [0.717, 1.165) is 12.8 Å². The van der Waals surface area contributed by atoms with Crippen LogP contribution in [0, 0.1) is 5.92 Å². The molecule has 72 valence electrons. The maximum absolute atomic E-state index is 11.0. The van der Waals surface area contributed by atoms with Gasteiger partial charge in [-0.3, -0.25) is 4.79 Å². The summed E-state index contributed by atoms with van der Waals surface area (Å²) < 4.78 is 0. The molecule has 1 N–H and O–H groups in total. The summed E-state index contributed by atoms with van der Waals surface area (Å²) in [5.41, 5.74) is 2.69. The van der Waals surface area contributed by atoms with Crippen LogP contribution < -0.4 is 0 Å². The Hall–Kier alpha value is -1.31. The van der Waals surface area contributed by atoms with Crippen molar-refractivity contribution in [2.45, 2.75) is 24.7 Å². The molecule has 0 saturated heterocycles. The standard InChI is InChI=1S/C12H12O2/c13-12(14)11-6-7-5-10(11)9-4-2-1-3-8(7)9/h1-4,7,10-11H,5-6H2,(H,13,14)/t7-,10-,11-/m0/s1. The van der Waals surface area contributed by atoms with Gasteiger partial charge in [-0.15, -0.1) is 0 Å². The fourth-order valence-corrected chi connectivity index (χ4v) is 3.13. The van der Waals surface area contributed by atoms with Crippen molar-refractivity contribution >= 4 is 5.97 Å². The molecule has 1 aromatic rings. The molecular weight excluding hydrogens is 176 g/mol. The Bertz CT molecular complexity index is 397. The maximum atomic E-state index is 11.0. The van der Waals surface area contributed by atoms with Crippen LogP contribution in [0.25, 0.3) is 0 Å². The number of carboxylic acid groups (broad SMARTS) is 1. The number of hydrogen-bond donors (Lipinski definition) is 1. The van der Waals surface area contributed by atoms with Gasteiger partial charge < -0.3 is 5.11 Å². The lowest BCUT2D eigenvalue weighted by Crippen LogP contribution is -2.19. The van der Waals surface area contributed by atoms with Gasteiger partial charge in [-0.05, 0) is 35.8 Å². The predicted molar refractivity (Wildman–Crippen MR) is 52.3 cm³/mol. The Labute approximate surface area is 82.6 Å². The summed E-state index contributed by atoms with van der Waals surface area (Å²) >= 11 is 0. The van der Waals surface area contributed by atoms with Crippen LogP contribution in [0.1, 0.15) is 35.8 Å². The van der Waals surface area contributed by atoms with E-state index >= 15 is 0 Å². The van der Waals surface area contributed by atoms with Crippen LogP contribution in [-0.2, 0) is 4.79 Å². The highest BCUT2D eigenvalue weighted by Gasteiger charge is 2.46. The minimum absolute atomic E-state index is 0.130. The van der Waals surface area contributed by atoms with E-state index in [9.17, 15) is 4.79 Å². The van der Waals surface area contributed by atoms with Gasteiger partial charge in [0.2, 0.25) is 0 Å². The van der Waals surface area contributed by atoms with Gasteiger partial charge in [-0.25, -0.2) is 0 Å². The molecule has 0 heterocycles. The highest BCUT2D eigenvalue weighted by molar-refractivity contribution is 5.73. The summed E-state index contributed by atoms with van der Waals surface area (Å²) in [5, 5.41) is 9.06. The molecule has 1 fully saturated rings. The van der Waals surface area contributed by atoms with E-state index < -0.39 is 5.97 Å². The molecular formula is C12H12O2. The number of benzene rings is 1. The molecule has 2 aliphatic carbocycles. The van der Waals surface area contributed by atoms with E-state index in [4.69, 9.17) is 5.11 Å². The molecule has 0 unspecified atom stereocenters. The number of fused-ring (bicyclic) bond motifs is 5. The maximum Gasteiger partial charge on any atom is 0.307 e. The topological polar surface area (TPSA) is 37.3 Å². The number of carboxylic acids is 1. The molecule has 2 bridgehead atoms. The van der Waals surface area contributed by atoms with Crippen LogP contribution in [0.4, 0.5) is 0 Å². The molecule has 0 spiro atoms. The molecule has 0 radical (unpaired) electrons. The van der Waals surface area contributed by atoms with Crippen LogP contribution in [0.5, 0.6) is 0 Å². The summed E-state index contributed by atoms with van der Waals surface area (Å²) in [6, 6.07) is 8.31. The second-order valence-corrected chi connectivity index (χ2v) is 4.35. The third-order valence-corrected chi connectivity index (χ3v) is 3.72. The first-order valence-electron chi connectivity index (χ1n) is 5.09. The average molecular weight is 188 g/mol. The lowest BCUT2D eigenvalue weighted by molar-refractivity contribution is -0.142. The van der Waals surface area contributed by atoms with Crippen molar-refractivity contribution in [2.24, 2.45) is 5.92 Å². The Morgan fingerprint density at radius 1 is 1.21 bits per heavy atom. The third kappa shape index (κ3) is 0.884. The van der Waals surface area contributed by atoms with E-state index in [1.165, 1.54) is 11.1 Å². The third-order valence-electron chi connectivity index (χ3n) is 3.72. The zero-order chi connectivity index (χ0) is 9.71. The summed E-state index contributed by atoms with van der Waals surface area (Å²) in [6.45, 7) is 0. The SMILES string of the molecule is O=C(O)[C@H]1C[C@@H]2C[C@H]1c1ccccc12. The Morgan fingerprint density at radius 3 is 2.64 bits per heavy atom. The number of rotatable bonds is 1. The van der Waals surface area contributed by atoms with Crippen LogP contribution in [0.15, 0.2) is 24.3 Å². The smallest absolute Gasteiger partial charge is 0.307 e. The Morgan fingerprint density at radius 2 is 1.93 bits per heavy atom. The van der Waals surface area contributed by atoms with Gasteiger partial charge in [-0.2, -0.15) is 0 Å². The van der Waals surface area contributed by atoms with Gasteiger partial charge in [0, 0.05) is 0 Å². The van der Waals surface area contributed by atoms with Crippen LogP contribution >= 0.6 is 0 Å². The first-order valence-corrected chi connectivity index (χ1v) is 5.09. The first-order chi connectivity index (χ1) is 6.77. The molecule has 2 nitrogen and oxygen atoms in total. The summed E-state index contributed by atoms with van der Waals surface area (Å²) in [7, 11) is 0. The second kappa shape index (κ2) is 2.59. The Balaban J connectivity index is 2.06. The van der Waals surface area contributed by atoms with E-state index in [-0.39, 0.29) is 11.8 Å². The zero-order valence-corrected chi connectivity index (χ0v) is 7.81. The molecule has 0 aromatic heterocycles. The average Bonchev–Trinajstić information content (AvgIpc) is 2.75. The normalized spacial score (nSPS) is 33.0. The minimum Gasteiger partial charge on any atom is -0.481 e. The summed E-state index contributed by atoms with van der Waals surface area (Å²) in [6.07, 6.45) is 1.90. The van der Waals surface area contributed by atoms with Crippen LogP contribution in [0.3, 0.4) is 0 Å². The lowest BCUT2D eigenvalue weighted by Gasteiger charge is -2.20. The molecule has 14 heavy (non-hydrogen) atoms. The predicted octanol–water partition coefficient (Wildman–Crippen LogP) is 2.36. The van der Waals surface area contributed by atoms with Crippen molar-refractivity contribution in [3.8, 4) is 0 Å². The molecule has 0 amide bonds. The largest absolute Gasteiger partial charge is 0.481 e. The van der Waals surface area contributed by atoms with Gasteiger partial charge in [0.15, 0.2) is 0 Å². The van der Waals surface area contributed by atoms with Crippen molar-refractivity contribution in [1.29, 1.82) is 0 Å². The first kappa shape index (κ1) is 8.04. The summed E-state index contributed by atoms with van der Waals surface area (Å²) in [5.74, 6) is 0.0490. The van der Waals surface area contributed by atoms with Gasteiger partial charge in [0.05, 0.1) is 5.92 Å². The Kier molecular flexibility index (Phi) is 1.49. The van der Waals surface area contributed by atoms with E-state index in [2.05, 4.69) is 18.2 Å². The highest BCUT2D eigenvalue weighted by atomic mass is 16.4. The molecule has 3 atom stereocenters. The molecule has 2 aliphatic rings. The van der Waals surface area contributed by atoms with E-state index in [1.54, 1.807) is 0 Å². The number of hydrogen-bond acceptors (Lipinski definition) is 1. The fourth-order valence-electron chi connectivity index (χ4n) is 3.13. The van der Waals surface area contributed by atoms with Gasteiger partial charge >= 0.3 is 5.97 Å².